The van der Waals surface area contributed by atoms with E-state index in [0.717, 1.165) is 10.1 Å². The number of rotatable bonds is 5. The molecule has 0 unspecified atom stereocenters. The van der Waals surface area contributed by atoms with Gasteiger partial charge in [-0.25, -0.2) is 9.18 Å². The van der Waals surface area contributed by atoms with Crippen LogP contribution in [0, 0.1) is 5.82 Å². The summed E-state index contributed by atoms with van der Waals surface area (Å²) < 4.78 is 15.6. The number of halogens is 1. The molecular weight excluding hydrogens is 397 g/mol. The van der Waals surface area contributed by atoms with E-state index in [1.165, 1.54) is 28.8 Å². The molecule has 0 saturated carbocycles. The highest BCUT2D eigenvalue weighted by Gasteiger charge is 2.22. The molecule has 31 heavy (non-hydrogen) atoms. The predicted molar refractivity (Wildman–Crippen MR) is 118 cm³/mol. The minimum atomic E-state index is -0.912. The zero-order chi connectivity index (χ0) is 22.0. The lowest BCUT2D eigenvalue weighted by atomic mass is 10.2. The van der Waals surface area contributed by atoms with Crippen molar-refractivity contribution in [1.29, 1.82) is 0 Å². The Balaban J connectivity index is 1.80. The molecule has 0 bridgehead atoms. The van der Waals surface area contributed by atoms with E-state index in [1.54, 1.807) is 31.2 Å². The lowest BCUT2D eigenvalue weighted by molar-refractivity contribution is -0.118. The van der Waals surface area contributed by atoms with Crippen molar-refractivity contribution >= 4 is 22.5 Å². The van der Waals surface area contributed by atoms with E-state index in [4.69, 9.17) is 0 Å². The van der Waals surface area contributed by atoms with Crippen LogP contribution >= 0.6 is 0 Å². The SMILES string of the molecule is C[C@@H](C(=O)Nc1ccc(F)cc1)n1c(=O)n(Cc2ccccc2)c(=O)c2ccccc21. The Morgan fingerprint density at radius 2 is 1.58 bits per heavy atom. The molecule has 1 amide bonds. The first kappa shape index (κ1) is 20.3. The van der Waals surface area contributed by atoms with Crippen LogP contribution in [0.1, 0.15) is 18.5 Å². The number of carbonyl (C=O) groups is 1. The van der Waals surface area contributed by atoms with Crippen LogP contribution in [0.25, 0.3) is 10.9 Å². The van der Waals surface area contributed by atoms with Crippen LogP contribution in [-0.2, 0) is 11.3 Å². The monoisotopic (exact) mass is 417 g/mol. The molecule has 1 N–H and O–H groups in total. The standard InChI is InChI=1S/C24H20FN3O3/c1-16(22(29)26-19-13-11-18(25)12-14-19)28-21-10-6-5-9-20(21)23(30)27(24(28)31)15-17-7-3-2-4-8-17/h2-14,16H,15H2,1H3,(H,26,29)/t16-/m0/s1. The number of nitrogens with zero attached hydrogens (tertiary/aromatic N) is 2. The van der Waals surface area contributed by atoms with Gasteiger partial charge in [0.25, 0.3) is 5.56 Å². The van der Waals surface area contributed by atoms with E-state index in [2.05, 4.69) is 5.32 Å². The van der Waals surface area contributed by atoms with Gasteiger partial charge in [0.15, 0.2) is 0 Å². The second kappa shape index (κ2) is 8.39. The van der Waals surface area contributed by atoms with Crippen LogP contribution in [0.5, 0.6) is 0 Å². The third kappa shape index (κ3) is 4.02. The molecule has 4 rings (SSSR count). The molecule has 156 valence electrons. The second-order valence-corrected chi connectivity index (χ2v) is 7.22. The van der Waals surface area contributed by atoms with Crippen molar-refractivity contribution in [3.05, 3.63) is 111 Å². The number of amides is 1. The van der Waals surface area contributed by atoms with E-state index in [0.29, 0.717) is 16.6 Å². The van der Waals surface area contributed by atoms with Crippen LogP contribution in [-0.4, -0.2) is 15.0 Å². The van der Waals surface area contributed by atoms with Crippen LogP contribution in [0.2, 0.25) is 0 Å². The smallest absolute Gasteiger partial charge is 0.324 e. The van der Waals surface area contributed by atoms with Crippen molar-refractivity contribution in [2.75, 3.05) is 5.32 Å². The molecule has 0 aliphatic rings. The van der Waals surface area contributed by atoms with Crippen molar-refractivity contribution in [3.63, 3.8) is 0 Å². The van der Waals surface area contributed by atoms with Crippen LogP contribution in [0.3, 0.4) is 0 Å². The Kier molecular flexibility index (Phi) is 5.49. The molecule has 0 saturated heterocycles. The number of nitrogens with one attached hydrogen (secondary N) is 1. The van der Waals surface area contributed by atoms with E-state index >= 15 is 0 Å². The number of carbonyl (C=O) groups excluding carboxylic acids is 1. The molecule has 0 radical (unpaired) electrons. The summed E-state index contributed by atoms with van der Waals surface area (Å²) >= 11 is 0. The number of anilines is 1. The number of fused-ring (bicyclic) bond motifs is 1. The fraction of sp³-hybridized carbons (Fsp3) is 0.125. The Hall–Kier alpha value is -4.00. The summed E-state index contributed by atoms with van der Waals surface area (Å²) in [6, 6.07) is 20.3. The van der Waals surface area contributed by atoms with Crippen molar-refractivity contribution in [3.8, 4) is 0 Å². The third-order valence-corrected chi connectivity index (χ3v) is 5.14. The molecule has 3 aromatic carbocycles. The molecule has 6 nitrogen and oxygen atoms in total. The maximum atomic E-state index is 13.3. The van der Waals surface area contributed by atoms with Gasteiger partial charge in [-0.3, -0.25) is 18.7 Å². The van der Waals surface area contributed by atoms with Gasteiger partial charge in [-0.2, -0.15) is 0 Å². The Morgan fingerprint density at radius 1 is 0.935 bits per heavy atom. The summed E-state index contributed by atoms with van der Waals surface area (Å²) in [6.45, 7) is 1.68. The molecule has 1 atom stereocenters. The normalized spacial score (nSPS) is 11.9. The number of hydrogen-bond donors (Lipinski definition) is 1. The molecule has 4 aromatic rings. The average molecular weight is 417 g/mol. The van der Waals surface area contributed by atoms with Crippen molar-refractivity contribution < 1.29 is 9.18 Å². The van der Waals surface area contributed by atoms with Crippen LogP contribution < -0.4 is 16.6 Å². The lowest BCUT2D eigenvalue weighted by Gasteiger charge is -2.19. The summed E-state index contributed by atoms with van der Waals surface area (Å²) in [6.07, 6.45) is 0. The van der Waals surface area contributed by atoms with Crippen LogP contribution in [0.15, 0.2) is 88.5 Å². The highest BCUT2D eigenvalue weighted by atomic mass is 19.1. The molecular formula is C24H20FN3O3. The minimum Gasteiger partial charge on any atom is -0.324 e. The fourth-order valence-corrected chi connectivity index (χ4v) is 3.51. The molecule has 7 heteroatoms. The Morgan fingerprint density at radius 3 is 2.29 bits per heavy atom. The average Bonchev–Trinajstić information content (AvgIpc) is 2.79. The largest absolute Gasteiger partial charge is 0.332 e. The van der Waals surface area contributed by atoms with Crippen molar-refractivity contribution in [2.45, 2.75) is 19.5 Å². The summed E-state index contributed by atoms with van der Waals surface area (Å²) in [5, 5.41) is 3.04. The molecule has 0 fully saturated rings. The maximum absolute atomic E-state index is 13.3. The number of para-hydroxylation sites is 1. The topological polar surface area (TPSA) is 73.1 Å². The molecule has 1 heterocycles. The van der Waals surface area contributed by atoms with Gasteiger partial charge < -0.3 is 5.32 Å². The van der Waals surface area contributed by atoms with E-state index in [-0.39, 0.29) is 6.54 Å². The third-order valence-electron chi connectivity index (χ3n) is 5.14. The van der Waals surface area contributed by atoms with E-state index in [1.807, 2.05) is 30.3 Å². The summed E-state index contributed by atoms with van der Waals surface area (Å²) in [5.41, 5.74) is 0.602. The minimum absolute atomic E-state index is 0.0929. The fourth-order valence-electron chi connectivity index (χ4n) is 3.51. The van der Waals surface area contributed by atoms with Gasteiger partial charge >= 0.3 is 5.69 Å². The zero-order valence-corrected chi connectivity index (χ0v) is 16.8. The van der Waals surface area contributed by atoms with Crippen molar-refractivity contribution in [2.24, 2.45) is 0 Å². The summed E-state index contributed by atoms with van der Waals surface area (Å²) in [4.78, 5) is 39.3. The first-order chi connectivity index (χ1) is 15.0. The maximum Gasteiger partial charge on any atom is 0.332 e. The zero-order valence-electron chi connectivity index (χ0n) is 16.8. The first-order valence-electron chi connectivity index (χ1n) is 9.80. The van der Waals surface area contributed by atoms with Crippen LogP contribution in [0.4, 0.5) is 10.1 Å². The summed E-state index contributed by atoms with van der Waals surface area (Å²) in [5.74, 6) is -0.870. The Labute approximate surface area is 177 Å². The van der Waals surface area contributed by atoms with Gasteiger partial charge in [0.1, 0.15) is 11.9 Å². The van der Waals surface area contributed by atoms with Crippen molar-refractivity contribution in [1.82, 2.24) is 9.13 Å². The second-order valence-electron chi connectivity index (χ2n) is 7.22. The Bertz CT molecular complexity index is 1360. The summed E-state index contributed by atoms with van der Waals surface area (Å²) in [7, 11) is 0. The van der Waals surface area contributed by atoms with Gasteiger partial charge in [-0.05, 0) is 48.9 Å². The van der Waals surface area contributed by atoms with E-state index < -0.39 is 29.0 Å². The lowest BCUT2D eigenvalue weighted by Crippen LogP contribution is -2.43. The van der Waals surface area contributed by atoms with Gasteiger partial charge in [0.05, 0.1) is 17.4 Å². The quantitative estimate of drug-likeness (QED) is 0.540. The predicted octanol–water partition coefficient (Wildman–Crippen LogP) is 3.55. The van der Waals surface area contributed by atoms with Gasteiger partial charge in [-0.15, -0.1) is 0 Å². The first-order valence-corrected chi connectivity index (χ1v) is 9.80. The highest BCUT2D eigenvalue weighted by Crippen LogP contribution is 2.16. The molecule has 0 spiro atoms. The van der Waals surface area contributed by atoms with Gasteiger partial charge in [-0.1, -0.05) is 42.5 Å². The molecule has 1 aromatic heterocycles. The number of aromatic nitrogens is 2. The van der Waals surface area contributed by atoms with E-state index in [9.17, 15) is 18.8 Å². The molecule has 0 aliphatic heterocycles. The number of benzene rings is 3. The molecule has 0 aliphatic carbocycles. The van der Waals surface area contributed by atoms with Gasteiger partial charge in [0, 0.05) is 5.69 Å². The highest BCUT2D eigenvalue weighted by molar-refractivity contribution is 5.94. The van der Waals surface area contributed by atoms with Gasteiger partial charge in [0.2, 0.25) is 5.91 Å². The number of hydrogen-bond acceptors (Lipinski definition) is 3.